The van der Waals surface area contributed by atoms with Crippen molar-refractivity contribution < 1.29 is 0 Å². The average Bonchev–Trinajstić information content (AvgIpc) is 2.39. The lowest BCUT2D eigenvalue weighted by Gasteiger charge is -2.00. The molecule has 18 heavy (non-hydrogen) atoms. The van der Waals surface area contributed by atoms with Crippen LogP contribution >= 0.6 is 0 Å². The Morgan fingerprint density at radius 3 is 1.44 bits per heavy atom. The molecule has 0 nitrogen and oxygen atoms in total. The summed E-state index contributed by atoms with van der Waals surface area (Å²) >= 11 is 0. The standard InChI is InChI=1S/C18H34/c1-3-5-7-9-11-13-15-17-18-16-14-12-10-8-6-4-2/h5,7-8,10H,3-4,6,9,11-18H2,1-2H3/b7-5+,10-8+. The molecule has 0 aromatic rings. The van der Waals surface area contributed by atoms with E-state index in [2.05, 4.69) is 38.2 Å². The molecule has 106 valence electrons. The monoisotopic (exact) mass is 250 g/mol. The predicted molar refractivity (Wildman–Crippen MR) is 85.0 cm³/mol. The highest BCUT2D eigenvalue weighted by atomic mass is 14.0. The van der Waals surface area contributed by atoms with Gasteiger partial charge in [0.25, 0.3) is 0 Å². The largest absolute Gasteiger partial charge is 0.0888 e. The number of hydrogen-bond acceptors (Lipinski definition) is 0. The minimum Gasteiger partial charge on any atom is -0.0888 e. The zero-order valence-electron chi connectivity index (χ0n) is 12.8. The smallest absolute Gasteiger partial charge is 0.0351 e. The van der Waals surface area contributed by atoms with Gasteiger partial charge in [-0.3, -0.25) is 0 Å². The quantitative estimate of drug-likeness (QED) is 0.248. The number of unbranched alkanes of at least 4 members (excludes halogenated alkanes) is 9. The van der Waals surface area contributed by atoms with E-state index in [4.69, 9.17) is 0 Å². The second-order valence-corrected chi connectivity index (χ2v) is 5.19. The van der Waals surface area contributed by atoms with E-state index in [9.17, 15) is 0 Å². The Balaban J connectivity index is 3.01. The molecule has 0 saturated carbocycles. The molecule has 0 saturated heterocycles. The fraction of sp³-hybridized carbons (Fsp3) is 0.778. The van der Waals surface area contributed by atoms with E-state index in [0.29, 0.717) is 0 Å². The summed E-state index contributed by atoms with van der Waals surface area (Å²) in [5.41, 5.74) is 0. The topological polar surface area (TPSA) is 0 Å². The van der Waals surface area contributed by atoms with Gasteiger partial charge >= 0.3 is 0 Å². The number of allylic oxidation sites excluding steroid dienone is 4. The molecular weight excluding hydrogens is 216 g/mol. The van der Waals surface area contributed by atoms with Crippen molar-refractivity contribution in [2.45, 2.75) is 90.9 Å². The molecule has 0 aliphatic carbocycles. The molecule has 0 radical (unpaired) electrons. The van der Waals surface area contributed by atoms with Crippen molar-refractivity contribution in [3.63, 3.8) is 0 Å². The fourth-order valence-corrected chi connectivity index (χ4v) is 2.10. The predicted octanol–water partition coefficient (Wildman–Crippen LogP) is 6.82. The Kier molecular flexibility index (Phi) is 16.0. The minimum absolute atomic E-state index is 1.19. The van der Waals surface area contributed by atoms with Gasteiger partial charge in [0, 0.05) is 0 Å². The Hall–Kier alpha value is -0.520. The minimum atomic E-state index is 1.19. The first-order chi connectivity index (χ1) is 8.91. The summed E-state index contributed by atoms with van der Waals surface area (Å²) in [7, 11) is 0. The summed E-state index contributed by atoms with van der Waals surface area (Å²) in [4.78, 5) is 0. The molecule has 0 fully saturated rings. The fourth-order valence-electron chi connectivity index (χ4n) is 2.10. The summed E-state index contributed by atoms with van der Waals surface area (Å²) in [6, 6.07) is 0. The van der Waals surface area contributed by atoms with Crippen LogP contribution in [0, 0.1) is 0 Å². The first-order valence-electron chi connectivity index (χ1n) is 8.21. The maximum absolute atomic E-state index is 2.36. The van der Waals surface area contributed by atoms with Crippen LogP contribution in [0.25, 0.3) is 0 Å². The van der Waals surface area contributed by atoms with Crippen molar-refractivity contribution in [2.24, 2.45) is 0 Å². The highest BCUT2D eigenvalue weighted by Gasteiger charge is 1.90. The Morgan fingerprint density at radius 2 is 0.944 bits per heavy atom. The van der Waals surface area contributed by atoms with Crippen molar-refractivity contribution in [3.8, 4) is 0 Å². The van der Waals surface area contributed by atoms with Gasteiger partial charge in [-0.25, -0.2) is 0 Å². The summed E-state index contributed by atoms with van der Waals surface area (Å²) < 4.78 is 0. The van der Waals surface area contributed by atoms with E-state index in [1.165, 1.54) is 77.0 Å². The molecule has 0 spiro atoms. The molecule has 0 heterocycles. The second kappa shape index (κ2) is 16.5. The molecule has 0 bridgehead atoms. The Morgan fingerprint density at radius 1 is 0.500 bits per heavy atom. The van der Waals surface area contributed by atoms with Crippen LogP contribution < -0.4 is 0 Å². The summed E-state index contributed by atoms with van der Waals surface area (Å²) in [6.07, 6.45) is 25.6. The van der Waals surface area contributed by atoms with Gasteiger partial charge in [0.15, 0.2) is 0 Å². The van der Waals surface area contributed by atoms with Crippen LogP contribution in [-0.4, -0.2) is 0 Å². The molecular formula is C18H34. The van der Waals surface area contributed by atoms with Crippen molar-refractivity contribution in [1.82, 2.24) is 0 Å². The molecule has 0 unspecified atom stereocenters. The molecule has 0 amide bonds. The van der Waals surface area contributed by atoms with Gasteiger partial charge in [-0.15, -0.1) is 0 Å². The van der Waals surface area contributed by atoms with Crippen molar-refractivity contribution in [2.75, 3.05) is 0 Å². The molecule has 0 aliphatic heterocycles. The van der Waals surface area contributed by atoms with Gasteiger partial charge in [-0.1, -0.05) is 76.7 Å². The van der Waals surface area contributed by atoms with E-state index >= 15 is 0 Å². The van der Waals surface area contributed by atoms with Gasteiger partial charge < -0.3 is 0 Å². The van der Waals surface area contributed by atoms with Gasteiger partial charge in [0.1, 0.15) is 0 Å². The van der Waals surface area contributed by atoms with Gasteiger partial charge in [0.05, 0.1) is 0 Å². The first kappa shape index (κ1) is 17.5. The molecule has 0 rings (SSSR count). The molecule has 0 heteroatoms. The van der Waals surface area contributed by atoms with Crippen molar-refractivity contribution in [3.05, 3.63) is 24.3 Å². The molecule has 0 N–H and O–H groups in total. The van der Waals surface area contributed by atoms with E-state index in [1.807, 2.05) is 0 Å². The maximum atomic E-state index is 2.36. The van der Waals surface area contributed by atoms with Gasteiger partial charge in [-0.05, 0) is 38.5 Å². The SMILES string of the molecule is CC/C=C/CCCCCCCCC/C=C/CCC. The summed E-state index contributed by atoms with van der Waals surface area (Å²) in [5, 5.41) is 0. The van der Waals surface area contributed by atoms with Crippen LogP contribution in [0.15, 0.2) is 24.3 Å². The zero-order valence-corrected chi connectivity index (χ0v) is 12.8. The third-order valence-corrected chi connectivity index (χ3v) is 3.27. The van der Waals surface area contributed by atoms with E-state index in [-0.39, 0.29) is 0 Å². The second-order valence-electron chi connectivity index (χ2n) is 5.19. The summed E-state index contributed by atoms with van der Waals surface area (Å²) in [5.74, 6) is 0. The zero-order chi connectivity index (χ0) is 13.3. The lowest BCUT2D eigenvalue weighted by molar-refractivity contribution is 0.583. The van der Waals surface area contributed by atoms with Crippen molar-refractivity contribution >= 4 is 0 Å². The lowest BCUT2D eigenvalue weighted by Crippen LogP contribution is -1.80. The van der Waals surface area contributed by atoms with Crippen LogP contribution in [0.3, 0.4) is 0 Å². The van der Waals surface area contributed by atoms with E-state index in [1.54, 1.807) is 0 Å². The number of hydrogen-bond donors (Lipinski definition) is 0. The Bertz CT molecular complexity index is 188. The molecule has 0 atom stereocenters. The molecule has 0 aromatic heterocycles. The van der Waals surface area contributed by atoms with Crippen LogP contribution in [-0.2, 0) is 0 Å². The number of rotatable bonds is 13. The van der Waals surface area contributed by atoms with Gasteiger partial charge in [-0.2, -0.15) is 0 Å². The van der Waals surface area contributed by atoms with Crippen LogP contribution in [0.4, 0.5) is 0 Å². The third kappa shape index (κ3) is 15.5. The van der Waals surface area contributed by atoms with Crippen LogP contribution in [0.2, 0.25) is 0 Å². The highest BCUT2D eigenvalue weighted by Crippen LogP contribution is 2.10. The van der Waals surface area contributed by atoms with Gasteiger partial charge in [0.2, 0.25) is 0 Å². The Labute approximate surface area is 116 Å². The average molecular weight is 250 g/mol. The highest BCUT2D eigenvalue weighted by molar-refractivity contribution is 4.81. The van der Waals surface area contributed by atoms with Crippen LogP contribution in [0.5, 0.6) is 0 Å². The van der Waals surface area contributed by atoms with E-state index in [0.717, 1.165) is 0 Å². The molecule has 0 aliphatic rings. The normalized spacial score (nSPS) is 11.9. The lowest BCUT2D eigenvalue weighted by atomic mass is 10.1. The maximum Gasteiger partial charge on any atom is -0.0351 e. The summed E-state index contributed by atoms with van der Waals surface area (Å²) in [6.45, 7) is 4.44. The van der Waals surface area contributed by atoms with Crippen LogP contribution in [0.1, 0.15) is 90.9 Å². The molecule has 0 aromatic carbocycles. The van der Waals surface area contributed by atoms with E-state index < -0.39 is 0 Å². The third-order valence-electron chi connectivity index (χ3n) is 3.27. The first-order valence-corrected chi connectivity index (χ1v) is 8.21. The van der Waals surface area contributed by atoms with Crippen molar-refractivity contribution in [1.29, 1.82) is 0 Å².